The molecular formula is C9H10N4O3S. The Hall–Kier alpha value is -2.05. The van der Waals surface area contributed by atoms with Gasteiger partial charge in [0.2, 0.25) is 5.91 Å². The van der Waals surface area contributed by atoms with Crippen molar-refractivity contribution in [1.82, 2.24) is 5.32 Å². The van der Waals surface area contributed by atoms with Gasteiger partial charge in [-0.25, -0.2) is 8.42 Å². The van der Waals surface area contributed by atoms with Crippen LogP contribution in [0.2, 0.25) is 0 Å². The van der Waals surface area contributed by atoms with Gasteiger partial charge in [-0.1, -0.05) is 12.1 Å². The molecule has 90 valence electrons. The predicted octanol–water partition coefficient (Wildman–Crippen LogP) is 1.32. The van der Waals surface area contributed by atoms with Crippen molar-refractivity contribution >= 4 is 15.9 Å². The number of carbonyl (C=O) groups is 1. The van der Waals surface area contributed by atoms with Crippen molar-refractivity contribution in [2.24, 2.45) is 4.52 Å². The van der Waals surface area contributed by atoms with Crippen molar-refractivity contribution in [3.8, 4) is 0 Å². The highest BCUT2D eigenvalue weighted by molar-refractivity contribution is 7.90. The molecule has 8 heteroatoms. The summed E-state index contributed by atoms with van der Waals surface area (Å²) in [6.45, 7) is 1.71. The first-order chi connectivity index (χ1) is 7.95. The van der Waals surface area contributed by atoms with Crippen LogP contribution in [0.25, 0.3) is 10.4 Å². The van der Waals surface area contributed by atoms with Crippen LogP contribution in [-0.4, -0.2) is 14.3 Å². The van der Waals surface area contributed by atoms with Crippen molar-refractivity contribution in [1.29, 1.82) is 0 Å². The summed E-state index contributed by atoms with van der Waals surface area (Å²) >= 11 is 0. The van der Waals surface area contributed by atoms with Gasteiger partial charge in [0, 0.05) is 22.9 Å². The molecule has 0 aliphatic carbocycles. The molecule has 0 fully saturated rings. The van der Waals surface area contributed by atoms with Gasteiger partial charge in [0.1, 0.15) is 0 Å². The molecule has 0 unspecified atom stereocenters. The fourth-order valence-corrected chi connectivity index (χ4v) is 1.77. The Morgan fingerprint density at radius 1 is 1.41 bits per heavy atom. The monoisotopic (exact) mass is 254 g/mol. The molecule has 0 heterocycles. The molecule has 1 aromatic rings. The number of nitrogens with one attached hydrogen (secondary N) is 1. The lowest BCUT2D eigenvalue weighted by Gasteiger charge is -2.03. The number of azide groups is 1. The summed E-state index contributed by atoms with van der Waals surface area (Å²) in [6, 6.07) is 5.72. The van der Waals surface area contributed by atoms with Gasteiger partial charge in [0.25, 0.3) is 10.0 Å². The third-order valence-electron chi connectivity index (χ3n) is 1.91. The van der Waals surface area contributed by atoms with Gasteiger partial charge in [-0.15, -0.1) is 0 Å². The van der Waals surface area contributed by atoms with Crippen molar-refractivity contribution in [2.75, 3.05) is 0 Å². The summed E-state index contributed by atoms with van der Waals surface area (Å²) in [6.07, 6.45) is 0. The number of rotatable bonds is 4. The second kappa shape index (κ2) is 5.33. The van der Waals surface area contributed by atoms with Crippen LogP contribution < -0.4 is 5.32 Å². The van der Waals surface area contributed by atoms with Gasteiger partial charge in [0.05, 0.1) is 4.90 Å². The van der Waals surface area contributed by atoms with Gasteiger partial charge >= 0.3 is 0 Å². The summed E-state index contributed by atoms with van der Waals surface area (Å²) < 4.78 is 25.4. The maximum Gasteiger partial charge on any atom is 0.264 e. The third-order valence-corrected chi connectivity index (χ3v) is 3.06. The fraction of sp³-hybridized carbons (Fsp3) is 0.222. The summed E-state index contributed by atoms with van der Waals surface area (Å²) in [5, 5.41) is 2.57. The highest BCUT2D eigenvalue weighted by Gasteiger charge is 2.11. The normalized spacial score (nSPS) is 10.4. The molecule has 1 aromatic carbocycles. The van der Waals surface area contributed by atoms with Gasteiger partial charge in [-0.2, -0.15) is 0 Å². The Labute approximate surface area is 98.1 Å². The zero-order valence-electron chi connectivity index (χ0n) is 8.99. The van der Waals surface area contributed by atoms with E-state index in [0.717, 1.165) is 5.56 Å². The van der Waals surface area contributed by atoms with E-state index in [1.54, 1.807) is 0 Å². The molecule has 0 spiro atoms. The third kappa shape index (κ3) is 3.78. The van der Waals surface area contributed by atoms with Crippen LogP contribution in [0.4, 0.5) is 0 Å². The van der Waals surface area contributed by atoms with E-state index in [0.29, 0.717) is 6.54 Å². The molecule has 1 rings (SSSR count). The molecule has 1 amide bonds. The van der Waals surface area contributed by atoms with Gasteiger partial charge < -0.3 is 5.32 Å². The average Bonchev–Trinajstić information content (AvgIpc) is 2.27. The van der Waals surface area contributed by atoms with E-state index in [9.17, 15) is 13.2 Å². The number of nitrogens with zero attached hydrogens (tertiary/aromatic N) is 3. The molecule has 0 bridgehead atoms. The molecule has 0 saturated heterocycles. The first kappa shape index (κ1) is 13.0. The van der Waals surface area contributed by atoms with Crippen LogP contribution in [0, 0.1) is 0 Å². The number of hydrogen-bond acceptors (Lipinski definition) is 3. The van der Waals surface area contributed by atoms with E-state index >= 15 is 0 Å². The number of benzene rings is 1. The zero-order valence-corrected chi connectivity index (χ0v) is 9.81. The van der Waals surface area contributed by atoms with Gasteiger partial charge in [-0.05, 0) is 23.2 Å². The predicted molar refractivity (Wildman–Crippen MR) is 60.3 cm³/mol. The van der Waals surface area contributed by atoms with E-state index < -0.39 is 10.0 Å². The smallest absolute Gasteiger partial charge is 0.264 e. The Bertz CT molecular complexity index is 558. The van der Waals surface area contributed by atoms with E-state index in [1.807, 2.05) is 0 Å². The van der Waals surface area contributed by atoms with Crippen LogP contribution in [-0.2, 0) is 21.4 Å². The van der Waals surface area contributed by atoms with E-state index in [-0.39, 0.29) is 10.8 Å². The zero-order chi connectivity index (χ0) is 12.9. The van der Waals surface area contributed by atoms with Crippen molar-refractivity contribution in [3.63, 3.8) is 0 Å². The highest BCUT2D eigenvalue weighted by atomic mass is 32.2. The van der Waals surface area contributed by atoms with E-state index in [2.05, 4.69) is 14.7 Å². The van der Waals surface area contributed by atoms with Crippen molar-refractivity contribution < 1.29 is 13.2 Å². The molecule has 0 saturated carbocycles. The average molecular weight is 254 g/mol. The van der Waals surface area contributed by atoms with Gasteiger partial charge in [0.15, 0.2) is 0 Å². The Kier molecular flexibility index (Phi) is 4.08. The molecule has 7 nitrogen and oxygen atoms in total. The summed E-state index contributed by atoms with van der Waals surface area (Å²) in [7, 11) is -3.94. The lowest BCUT2D eigenvalue weighted by atomic mass is 10.2. The van der Waals surface area contributed by atoms with E-state index in [1.165, 1.54) is 31.2 Å². The molecule has 0 aliphatic heterocycles. The number of amides is 1. The Balaban J connectivity index is 2.88. The number of sulfonamides is 1. The van der Waals surface area contributed by atoms with Crippen LogP contribution in [0.5, 0.6) is 0 Å². The first-order valence-corrected chi connectivity index (χ1v) is 6.04. The topological polar surface area (TPSA) is 112 Å². The molecular weight excluding hydrogens is 244 g/mol. The second-order valence-electron chi connectivity index (χ2n) is 3.20. The van der Waals surface area contributed by atoms with Crippen LogP contribution in [0.15, 0.2) is 33.7 Å². The maximum atomic E-state index is 11.3. The first-order valence-electron chi connectivity index (χ1n) is 4.60. The number of carbonyl (C=O) groups excluding carboxylic acids is 1. The SMILES string of the molecule is CC(=O)NCc1ccc(S(=O)(=O)N=[N+]=[N-])cc1. The van der Waals surface area contributed by atoms with E-state index in [4.69, 9.17) is 5.53 Å². The quantitative estimate of drug-likeness (QED) is 0.496. The molecule has 0 aromatic heterocycles. The standard InChI is InChI=1S/C9H10N4O3S/c1-7(14)11-6-8-2-4-9(5-3-8)17(15,16)13-12-10/h2-5H,6H2,1H3,(H,11,14). The number of hydrogen-bond donors (Lipinski definition) is 1. The van der Waals surface area contributed by atoms with Crippen LogP contribution in [0.1, 0.15) is 12.5 Å². The Morgan fingerprint density at radius 2 is 2.00 bits per heavy atom. The fourth-order valence-electron chi connectivity index (χ4n) is 1.10. The molecule has 0 radical (unpaired) electrons. The minimum Gasteiger partial charge on any atom is -0.352 e. The summed E-state index contributed by atoms with van der Waals surface area (Å²) in [5.41, 5.74) is 8.84. The maximum absolute atomic E-state index is 11.3. The minimum atomic E-state index is -3.94. The summed E-state index contributed by atoms with van der Waals surface area (Å²) in [5.74, 6) is -0.171. The Morgan fingerprint density at radius 3 is 2.47 bits per heavy atom. The lowest BCUT2D eigenvalue weighted by Crippen LogP contribution is -2.18. The second-order valence-corrected chi connectivity index (χ2v) is 4.78. The van der Waals surface area contributed by atoms with Gasteiger partial charge in [-0.3, -0.25) is 4.79 Å². The van der Waals surface area contributed by atoms with Crippen molar-refractivity contribution in [2.45, 2.75) is 18.4 Å². The lowest BCUT2D eigenvalue weighted by molar-refractivity contribution is -0.119. The molecule has 17 heavy (non-hydrogen) atoms. The molecule has 1 N–H and O–H groups in total. The van der Waals surface area contributed by atoms with Crippen LogP contribution >= 0.6 is 0 Å². The summed E-state index contributed by atoms with van der Waals surface area (Å²) in [4.78, 5) is 12.8. The largest absolute Gasteiger partial charge is 0.352 e. The van der Waals surface area contributed by atoms with Crippen molar-refractivity contribution in [3.05, 3.63) is 40.3 Å². The molecule has 0 atom stereocenters. The molecule has 0 aliphatic rings. The minimum absolute atomic E-state index is 0.0816. The highest BCUT2D eigenvalue weighted by Crippen LogP contribution is 2.13. The van der Waals surface area contributed by atoms with Crippen LogP contribution in [0.3, 0.4) is 0 Å².